The van der Waals surface area contributed by atoms with E-state index in [0.29, 0.717) is 24.5 Å². The summed E-state index contributed by atoms with van der Waals surface area (Å²) >= 11 is 0. The second kappa shape index (κ2) is 5.26. The van der Waals surface area contributed by atoms with E-state index in [1.165, 1.54) is 6.20 Å². The Kier molecular flexibility index (Phi) is 3.51. The standard InChI is InChI=1S/C10H11N3O4/c14-4-1-5-16-7-2-3-8(11-6-7)9-12-10(15)17-13-9/h2-3,6,14H,1,4-5H2,(H,12,13,15). The Hall–Kier alpha value is -2.15. The zero-order chi connectivity index (χ0) is 12.1. The zero-order valence-electron chi connectivity index (χ0n) is 8.92. The first-order valence-corrected chi connectivity index (χ1v) is 5.05. The Bertz CT molecular complexity index is 517. The van der Waals surface area contributed by atoms with Crippen LogP contribution in [-0.2, 0) is 0 Å². The maximum absolute atomic E-state index is 10.7. The van der Waals surface area contributed by atoms with Crippen molar-refractivity contribution in [1.82, 2.24) is 15.1 Å². The summed E-state index contributed by atoms with van der Waals surface area (Å²) in [5.41, 5.74) is 0.491. The van der Waals surface area contributed by atoms with Gasteiger partial charge in [-0.1, -0.05) is 5.16 Å². The molecule has 0 amide bonds. The second-order valence-electron chi connectivity index (χ2n) is 3.25. The molecule has 0 spiro atoms. The number of nitrogens with one attached hydrogen (secondary N) is 1. The number of pyridine rings is 1. The third-order valence-corrected chi connectivity index (χ3v) is 1.99. The lowest BCUT2D eigenvalue weighted by molar-refractivity contribution is 0.233. The maximum Gasteiger partial charge on any atom is 0.439 e. The molecule has 2 aromatic rings. The minimum atomic E-state index is -0.620. The summed E-state index contributed by atoms with van der Waals surface area (Å²) in [6, 6.07) is 3.36. The Morgan fingerprint density at radius 1 is 1.47 bits per heavy atom. The van der Waals surface area contributed by atoms with Crippen LogP contribution in [0.4, 0.5) is 0 Å². The van der Waals surface area contributed by atoms with Gasteiger partial charge in [-0.25, -0.2) is 9.78 Å². The molecule has 0 radical (unpaired) electrons. The van der Waals surface area contributed by atoms with Crippen LogP contribution in [0, 0.1) is 0 Å². The Morgan fingerprint density at radius 2 is 2.35 bits per heavy atom. The van der Waals surface area contributed by atoms with Crippen molar-refractivity contribution in [3.05, 3.63) is 28.9 Å². The van der Waals surface area contributed by atoms with Crippen molar-refractivity contribution >= 4 is 0 Å². The molecule has 0 bridgehead atoms. The van der Waals surface area contributed by atoms with E-state index in [4.69, 9.17) is 9.84 Å². The molecular weight excluding hydrogens is 226 g/mol. The lowest BCUT2D eigenvalue weighted by Gasteiger charge is -2.04. The highest BCUT2D eigenvalue weighted by Crippen LogP contribution is 2.14. The van der Waals surface area contributed by atoms with Gasteiger partial charge >= 0.3 is 5.76 Å². The van der Waals surface area contributed by atoms with E-state index in [1.54, 1.807) is 12.1 Å². The number of hydrogen-bond acceptors (Lipinski definition) is 6. The van der Waals surface area contributed by atoms with Crippen molar-refractivity contribution in [2.45, 2.75) is 6.42 Å². The summed E-state index contributed by atoms with van der Waals surface area (Å²) < 4.78 is 9.67. The van der Waals surface area contributed by atoms with Crippen LogP contribution in [0.15, 0.2) is 27.6 Å². The van der Waals surface area contributed by atoms with Crippen LogP contribution < -0.4 is 10.5 Å². The average Bonchev–Trinajstić information content (AvgIpc) is 2.77. The van der Waals surface area contributed by atoms with Crippen molar-refractivity contribution in [2.24, 2.45) is 0 Å². The molecule has 0 saturated carbocycles. The zero-order valence-corrected chi connectivity index (χ0v) is 8.92. The van der Waals surface area contributed by atoms with Crippen LogP contribution in [-0.4, -0.2) is 33.4 Å². The average molecular weight is 237 g/mol. The Morgan fingerprint density at radius 3 is 2.94 bits per heavy atom. The van der Waals surface area contributed by atoms with Gasteiger partial charge in [-0.2, -0.15) is 0 Å². The molecular formula is C10H11N3O4. The predicted molar refractivity (Wildman–Crippen MR) is 57.6 cm³/mol. The Balaban J connectivity index is 2.05. The summed E-state index contributed by atoms with van der Waals surface area (Å²) in [5.74, 6) is 0.245. The SMILES string of the molecule is O=c1[nH]c(-c2ccc(OCCCO)cn2)no1. The molecule has 0 aliphatic rings. The molecule has 2 rings (SSSR count). The number of aliphatic hydroxyl groups excluding tert-OH is 1. The normalized spacial score (nSPS) is 10.4. The molecule has 2 N–H and O–H groups in total. The minimum Gasteiger partial charge on any atom is -0.492 e. The lowest BCUT2D eigenvalue weighted by Crippen LogP contribution is -2.00. The number of nitrogens with zero attached hydrogens (tertiary/aromatic N) is 2. The minimum absolute atomic E-state index is 0.0890. The van der Waals surface area contributed by atoms with Crippen molar-refractivity contribution in [3.63, 3.8) is 0 Å². The van der Waals surface area contributed by atoms with Gasteiger partial charge in [-0.15, -0.1) is 0 Å². The molecule has 0 unspecified atom stereocenters. The molecule has 2 heterocycles. The fourth-order valence-corrected chi connectivity index (χ4v) is 1.20. The van der Waals surface area contributed by atoms with E-state index in [0.717, 1.165) is 0 Å². The Labute approximate surface area is 96.1 Å². The number of ether oxygens (including phenoxy) is 1. The van der Waals surface area contributed by atoms with Crippen LogP contribution in [0.2, 0.25) is 0 Å². The second-order valence-corrected chi connectivity index (χ2v) is 3.25. The first kappa shape index (κ1) is 11.3. The highest BCUT2D eigenvalue weighted by Gasteiger charge is 2.05. The predicted octanol–water partition coefficient (Wildman–Crippen LogP) is 0.186. The number of rotatable bonds is 5. The highest BCUT2D eigenvalue weighted by molar-refractivity contribution is 5.48. The van der Waals surface area contributed by atoms with Gasteiger partial charge < -0.3 is 9.84 Å². The smallest absolute Gasteiger partial charge is 0.439 e. The largest absolute Gasteiger partial charge is 0.492 e. The number of aromatic nitrogens is 3. The molecule has 17 heavy (non-hydrogen) atoms. The van der Waals surface area contributed by atoms with Gasteiger partial charge in [0, 0.05) is 13.0 Å². The van der Waals surface area contributed by atoms with Crippen LogP contribution in [0.3, 0.4) is 0 Å². The number of hydrogen-bond donors (Lipinski definition) is 2. The molecule has 0 fully saturated rings. The molecule has 7 heteroatoms. The number of H-pyrrole nitrogens is 1. The third-order valence-electron chi connectivity index (χ3n) is 1.99. The fourth-order valence-electron chi connectivity index (χ4n) is 1.20. The van der Waals surface area contributed by atoms with Gasteiger partial charge in [0.1, 0.15) is 11.4 Å². The van der Waals surface area contributed by atoms with E-state index in [1.807, 2.05) is 0 Å². The van der Waals surface area contributed by atoms with Gasteiger partial charge in [-0.3, -0.25) is 9.51 Å². The molecule has 0 aromatic carbocycles. The molecule has 0 saturated heterocycles. The first-order chi connectivity index (χ1) is 8.29. The molecule has 7 nitrogen and oxygen atoms in total. The maximum atomic E-state index is 10.7. The quantitative estimate of drug-likeness (QED) is 0.719. The van der Waals surface area contributed by atoms with Gasteiger partial charge in [0.15, 0.2) is 0 Å². The van der Waals surface area contributed by atoms with E-state index < -0.39 is 5.76 Å². The van der Waals surface area contributed by atoms with Gasteiger partial charge in [0.25, 0.3) is 0 Å². The van der Waals surface area contributed by atoms with Crippen molar-refractivity contribution in [1.29, 1.82) is 0 Å². The van der Waals surface area contributed by atoms with Gasteiger partial charge in [0.05, 0.1) is 12.8 Å². The summed E-state index contributed by atoms with van der Waals surface area (Å²) in [4.78, 5) is 17.2. The van der Waals surface area contributed by atoms with Gasteiger partial charge in [0.2, 0.25) is 5.82 Å². The number of aliphatic hydroxyl groups is 1. The van der Waals surface area contributed by atoms with Crippen LogP contribution in [0.1, 0.15) is 6.42 Å². The lowest BCUT2D eigenvalue weighted by atomic mass is 10.3. The topological polar surface area (TPSA) is 101 Å². The van der Waals surface area contributed by atoms with Crippen molar-refractivity contribution in [3.8, 4) is 17.3 Å². The molecule has 0 aliphatic carbocycles. The van der Waals surface area contributed by atoms with Crippen LogP contribution in [0.25, 0.3) is 11.5 Å². The van der Waals surface area contributed by atoms with Crippen LogP contribution in [0.5, 0.6) is 5.75 Å². The van der Waals surface area contributed by atoms with E-state index in [2.05, 4.69) is 19.6 Å². The highest BCUT2D eigenvalue weighted by atomic mass is 16.5. The van der Waals surface area contributed by atoms with Crippen molar-refractivity contribution in [2.75, 3.05) is 13.2 Å². The third kappa shape index (κ3) is 2.91. The molecule has 2 aromatic heterocycles. The monoisotopic (exact) mass is 237 g/mol. The first-order valence-electron chi connectivity index (χ1n) is 5.05. The van der Waals surface area contributed by atoms with E-state index in [-0.39, 0.29) is 12.4 Å². The summed E-state index contributed by atoms with van der Waals surface area (Å²) in [6.45, 7) is 0.518. The molecule has 0 atom stereocenters. The number of aromatic amines is 1. The van der Waals surface area contributed by atoms with Gasteiger partial charge in [-0.05, 0) is 12.1 Å². The molecule has 90 valence electrons. The van der Waals surface area contributed by atoms with E-state index in [9.17, 15) is 4.79 Å². The summed E-state index contributed by atoms with van der Waals surface area (Å²) in [7, 11) is 0. The molecule has 0 aliphatic heterocycles. The van der Waals surface area contributed by atoms with E-state index >= 15 is 0 Å². The summed E-state index contributed by atoms with van der Waals surface area (Å²) in [5, 5.41) is 12.1. The summed E-state index contributed by atoms with van der Waals surface area (Å²) in [6.07, 6.45) is 2.08. The fraction of sp³-hybridized carbons (Fsp3) is 0.300. The van der Waals surface area contributed by atoms with Crippen LogP contribution >= 0.6 is 0 Å². The van der Waals surface area contributed by atoms with Crippen molar-refractivity contribution < 1.29 is 14.4 Å².